The van der Waals surface area contributed by atoms with Gasteiger partial charge in [0.1, 0.15) is 0 Å². The molecule has 66 valence electrons. The molecule has 0 saturated heterocycles. The van der Waals surface area contributed by atoms with Crippen LogP contribution in [0.25, 0.3) is 0 Å². The zero-order chi connectivity index (χ0) is 8.91. The number of carbonyl (C=O) groups excluding carboxylic acids is 1. The summed E-state index contributed by atoms with van der Waals surface area (Å²) in [6, 6.07) is 0. The normalized spacial score (nSPS) is 11.1. The van der Waals surface area contributed by atoms with E-state index in [1.165, 1.54) is 6.92 Å². The molecule has 0 atom stereocenters. The maximum absolute atomic E-state index is 10.7. The van der Waals surface area contributed by atoms with Crippen molar-refractivity contribution >= 4 is 16.1 Å². The molecule has 0 fully saturated rings. The van der Waals surface area contributed by atoms with Gasteiger partial charge in [-0.25, -0.2) is 0 Å². The lowest BCUT2D eigenvalue weighted by atomic mass is 10.8. The van der Waals surface area contributed by atoms with Gasteiger partial charge in [-0.3, -0.25) is 8.98 Å². The van der Waals surface area contributed by atoms with Crippen molar-refractivity contribution in [3.63, 3.8) is 0 Å². The van der Waals surface area contributed by atoms with E-state index in [2.05, 4.69) is 8.92 Å². The zero-order valence-corrected chi connectivity index (χ0v) is 7.18. The summed E-state index contributed by atoms with van der Waals surface area (Å²) in [5.74, 6) is -1.55. The van der Waals surface area contributed by atoms with Gasteiger partial charge < -0.3 is 4.74 Å². The minimum absolute atomic E-state index is 0.0271. The van der Waals surface area contributed by atoms with Crippen molar-refractivity contribution in [3.8, 4) is 0 Å². The second-order valence-electron chi connectivity index (χ2n) is 1.68. The van der Waals surface area contributed by atoms with E-state index in [4.69, 9.17) is 0 Å². The maximum atomic E-state index is 10.7. The summed E-state index contributed by atoms with van der Waals surface area (Å²) < 4.78 is 29.8. The first-order chi connectivity index (χ1) is 5.02. The number of carbonyl (C=O) groups is 1. The van der Waals surface area contributed by atoms with E-state index in [9.17, 15) is 13.2 Å². The number of rotatable bonds is 4. The number of hydrogen-bond donors (Lipinski definition) is 0. The highest BCUT2D eigenvalue weighted by molar-refractivity contribution is 7.87. The Kier molecular flexibility index (Phi) is 4.06. The van der Waals surface area contributed by atoms with E-state index >= 15 is 0 Å². The predicted octanol–water partition coefficient (Wildman–Crippen LogP) is -0.474. The molecule has 0 rings (SSSR count). The van der Waals surface area contributed by atoms with Gasteiger partial charge in [-0.15, -0.1) is 0 Å². The molecule has 0 saturated carbocycles. The van der Waals surface area contributed by atoms with E-state index in [0.29, 0.717) is 0 Å². The van der Waals surface area contributed by atoms with Crippen LogP contribution in [0, 0.1) is 0 Å². The van der Waals surface area contributed by atoms with Crippen LogP contribution in [0.1, 0.15) is 6.92 Å². The Morgan fingerprint density at radius 2 is 2.00 bits per heavy atom. The fraction of sp³-hybridized carbons (Fsp3) is 0.800. The number of esters is 1. The van der Waals surface area contributed by atoms with Crippen LogP contribution in [0.2, 0.25) is 0 Å². The molecule has 5 nitrogen and oxygen atoms in total. The van der Waals surface area contributed by atoms with Crippen LogP contribution in [0.3, 0.4) is 0 Å². The summed E-state index contributed by atoms with van der Waals surface area (Å²) in [5, 5.41) is 0. The van der Waals surface area contributed by atoms with Gasteiger partial charge in [0.15, 0.2) is 5.75 Å². The van der Waals surface area contributed by atoms with Gasteiger partial charge in [-0.1, -0.05) is 0 Å². The molecule has 0 spiro atoms. The molecular formula is C5H10O5S. The van der Waals surface area contributed by atoms with Gasteiger partial charge >= 0.3 is 5.97 Å². The van der Waals surface area contributed by atoms with E-state index in [0.717, 1.165) is 7.11 Å². The van der Waals surface area contributed by atoms with Crippen LogP contribution in [0.4, 0.5) is 0 Å². The van der Waals surface area contributed by atoms with Gasteiger partial charge in [-0.2, -0.15) is 8.42 Å². The highest BCUT2D eigenvalue weighted by Crippen LogP contribution is 1.93. The Morgan fingerprint density at radius 1 is 1.45 bits per heavy atom. The van der Waals surface area contributed by atoms with E-state index < -0.39 is 21.8 Å². The van der Waals surface area contributed by atoms with Crippen molar-refractivity contribution in [3.05, 3.63) is 0 Å². The molecule has 0 aromatic carbocycles. The summed E-state index contributed by atoms with van der Waals surface area (Å²) in [5.41, 5.74) is 0. The lowest BCUT2D eigenvalue weighted by molar-refractivity contribution is -0.137. The summed E-state index contributed by atoms with van der Waals surface area (Å²) in [6.45, 7) is 1.55. The fourth-order valence-electron chi connectivity index (χ4n) is 0.424. The van der Waals surface area contributed by atoms with Crippen molar-refractivity contribution in [2.45, 2.75) is 6.92 Å². The van der Waals surface area contributed by atoms with Crippen LogP contribution in [0.5, 0.6) is 0 Å². The molecule has 11 heavy (non-hydrogen) atoms. The van der Waals surface area contributed by atoms with Crippen LogP contribution < -0.4 is 0 Å². The lowest BCUT2D eigenvalue weighted by Crippen LogP contribution is -2.19. The first-order valence-electron chi connectivity index (χ1n) is 2.95. The molecule has 0 radical (unpaired) electrons. The smallest absolute Gasteiger partial charge is 0.323 e. The van der Waals surface area contributed by atoms with Crippen molar-refractivity contribution in [1.29, 1.82) is 0 Å². The van der Waals surface area contributed by atoms with Crippen LogP contribution >= 0.6 is 0 Å². The topological polar surface area (TPSA) is 69.7 Å². The van der Waals surface area contributed by atoms with Crippen molar-refractivity contribution in [2.24, 2.45) is 0 Å². The molecule has 0 bridgehead atoms. The minimum atomic E-state index is -3.72. The molecule has 0 aliphatic carbocycles. The van der Waals surface area contributed by atoms with Crippen LogP contribution in [-0.4, -0.2) is 33.9 Å². The Morgan fingerprint density at radius 3 is 2.36 bits per heavy atom. The minimum Gasteiger partial charge on any atom is -0.468 e. The monoisotopic (exact) mass is 182 g/mol. The average molecular weight is 182 g/mol. The predicted molar refractivity (Wildman–Crippen MR) is 37.4 cm³/mol. The molecule has 0 heterocycles. The van der Waals surface area contributed by atoms with E-state index in [1.54, 1.807) is 0 Å². The third kappa shape index (κ3) is 4.74. The Bertz CT molecular complexity index is 217. The van der Waals surface area contributed by atoms with E-state index in [-0.39, 0.29) is 6.61 Å². The highest BCUT2D eigenvalue weighted by Gasteiger charge is 2.16. The van der Waals surface area contributed by atoms with Crippen LogP contribution in [0.15, 0.2) is 0 Å². The third-order valence-electron chi connectivity index (χ3n) is 0.820. The number of ether oxygens (including phenoxy) is 1. The van der Waals surface area contributed by atoms with E-state index in [1.807, 2.05) is 0 Å². The van der Waals surface area contributed by atoms with Crippen molar-refractivity contribution in [1.82, 2.24) is 0 Å². The quantitative estimate of drug-likeness (QED) is 0.434. The average Bonchev–Trinajstić information content (AvgIpc) is 1.86. The van der Waals surface area contributed by atoms with Gasteiger partial charge in [0.2, 0.25) is 0 Å². The highest BCUT2D eigenvalue weighted by atomic mass is 32.2. The number of methoxy groups -OCH3 is 1. The fourth-order valence-corrected chi connectivity index (χ4v) is 1.27. The molecule has 0 aliphatic heterocycles. The molecular weight excluding hydrogens is 172 g/mol. The maximum Gasteiger partial charge on any atom is 0.323 e. The SMILES string of the molecule is CCOS(=O)(=O)CC(=O)OC. The first-order valence-corrected chi connectivity index (χ1v) is 4.53. The molecule has 0 aromatic heterocycles. The first kappa shape index (κ1) is 10.4. The summed E-state index contributed by atoms with van der Waals surface area (Å²) in [7, 11) is -2.60. The zero-order valence-electron chi connectivity index (χ0n) is 6.36. The molecule has 0 aromatic rings. The molecule has 0 aliphatic rings. The summed E-state index contributed by atoms with van der Waals surface area (Å²) in [4.78, 5) is 10.4. The second-order valence-corrected chi connectivity index (χ2v) is 3.32. The second kappa shape index (κ2) is 4.30. The van der Waals surface area contributed by atoms with Gasteiger partial charge in [0, 0.05) is 0 Å². The molecule has 0 unspecified atom stereocenters. The van der Waals surface area contributed by atoms with Gasteiger partial charge in [0.25, 0.3) is 10.1 Å². The molecule has 6 heteroatoms. The molecule has 0 amide bonds. The van der Waals surface area contributed by atoms with Crippen molar-refractivity contribution < 1.29 is 22.1 Å². The Hall–Kier alpha value is -0.620. The molecule has 0 N–H and O–H groups in total. The lowest BCUT2D eigenvalue weighted by Gasteiger charge is -2.00. The summed E-state index contributed by atoms with van der Waals surface area (Å²) >= 11 is 0. The standard InChI is InChI=1S/C5H10O5S/c1-3-10-11(7,8)4-5(6)9-2/h3-4H2,1-2H3. The van der Waals surface area contributed by atoms with Gasteiger partial charge in [0.05, 0.1) is 13.7 Å². The van der Waals surface area contributed by atoms with Gasteiger partial charge in [-0.05, 0) is 6.92 Å². The van der Waals surface area contributed by atoms with Crippen molar-refractivity contribution in [2.75, 3.05) is 19.5 Å². The Balaban J connectivity index is 4.03. The third-order valence-corrected chi connectivity index (χ3v) is 2.00. The summed E-state index contributed by atoms with van der Waals surface area (Å²) in [6.07, 6.45) is 0. The number of hydrogen-bond acceptors (Lipinski definition) is 5. The van der Waals surface area contributed by atoms with Crippen LogP contribution in [-0.2, 0) is 23.8 Å². The Labute approximate surface area is 65.4 Å². The largest absolute Gasteiger partial charge is 0.468 e.